The van der Waals surface area contributed by atoms with Crippen LogP contribution >= 0.6 is 0 Å². The maximum Gasteiger partial charge on any atom is 0.185 e. The Kier molecular flexibility index (Phi) is 4.12. The zero-order chi connectivity index (χ0) is 18.1. The fraction of sp³-hybridized carbons (Fsp3) is 0.150. The van der Waals surface area contributed by atoms with Crippen molar-refractivity contribution >= 4 is 26.4 Å². The molecule has 0 unspecified atom stereocenters. The van der Waals surface area contributed by atoms with Crippen molar-refractivity contribution in [3.05, 3.63) is 66.2 Å². The van der Waals surface area contributed by atoms with Gasteiger partial charge in [-0.1, -0.05) is 30.3 Å². The van der Waals surface area contributed by atoms with Crippen LogP contribution in [0.25, 0.3) is 10.8 Å². The maximum atomic E-state index is 12.7. The van der Waals surface area contributed by atoms with E-state index in [1.165, 1.54) is 12.1 Å². The second kappa shape index (κ2) is 6.46. The van der Waals surface area contributed by atoms with E-state index in [0.717, 1.165) is 10.8 Å². The van der Waals surface area contributed by atoms with Crippen LogP contribution in [0.15, 0.2) is 65.6 Å². The van der Waals surface area contributed by atoms with E-state index in [-0.39, 0.29) is 4.90 Å². The average molecular weight is 368 g/mol. The number of rotatable bonds is 4. The largest absolute Gasteiger partial charge is 0.486 e. The van der Waals surface area contributed by atoms with Gasteiger partial charge in [-0.15, -0.1) is 0 Å². The molecule has 4 rings (SSSR count). The van der Waals surface area contributed by atoms with Gasteiger partial charge in [-0.3, -0.25) is 4.79 Å². The molecule has 0 spiro atoms. The zero-order valence-corrected chi connectivity index (χ0v) is 14.7. The highest BCUT2D eigenvalue weighted by atomic mass is 32.2. The molecule has 5 nitrogen and oxygen atoms in total. The van der Waals surface area contributed by atoms with Gasteiger partial charge in [0.1, 0.15) is 19.0 Å². The Morgan fingerprint density at radius 1 is 0.846 bits per heavy atom. The fourth-order valence-electron chi connectivity index (χ4n) is 2.92. The van der Waals surface area contributed by atoms with Crippen LogP contribution in [0.4, 0.5) is 0 Å². The van der Waals surface area contributed by atoms with Crippen molar-refractivity contribution < 1.29 is 22.7 Å². The molecule has 0 radical (unpaired) electrons. The minimum Gasteiger partial charge on any atom is -0.486 e. The van der Waals surface area contributed by atoms with Crippen molar-refractivity contribution in [1.29, 1.82) is 0 Å². The first kappa shape index (κ1) is 16.6. The minimum absolute atomic E-state index is 0.141. The highest BCUT2D eigenvalue weighted by molar-refractivity contribution is 7.92. The first-order chi connectivity index (χ1) is 12.5. The number of benzene rings is 3. The molecule has 1 heterocycles. The van der Waals surface area contributed by atoms with Crippen molar-refractivity contribution in [3.63, 3.8) is 0 Å². The van der Waals surface area contributed by atoms with Crippen LogP contribution in [0, 0.1) is 0 Å². The SMILES string of the molecule is O=C(CS(=O)(=O)c1ccc2ccccc2c1)c1ccc2c(c1)OCCO2. The quantitative estimate of drug-likeness (QED) is 0.661. The molecule has 1 aliphatic heterocycles. The lowest BCUT2D eigenvalue weighted by Gasteiger charge is -2.18. The lowest BCUT2D eigenvalue weighted by atomic mass is 10.1. The van der Waals surface area contributed by atoms with Crippen molar-refractivity contribution in [3.8, 4) is 11.5 Å². The molecule has 6 heteroatoms. The van der Waals surface area contributed by atoms with E-state index in [1.807, 2.05) is 24.3 Å². The van der Waals surface area contributed by atoms with Gasteiger partial charge in [0.05, 0.1) is 4.90 Å². The topological polar surface area (TPSA) is 69.7 Å². The molecule has 0 saturated heterocycles. The van der Waals surface area contributed by atoms with Gasteiger partial charge in [-0.25, -0.2) is 8.42 Å². The van der Waals surface area contributed by atoms with Crippen LogP contribution in [-0.4, -0.2) is 33.2 Å². The third-order valence-corrected chi connectivity index (χ3v) is 5.88. The number of carbonyl (C=O) groups excluding carboxylic acids is 1. The van der Waals surface area contributed by atoms with E-state index < -0.39 is 21.4 Å². The predicted octanol–water partition coefficient (Wildman–Crippen LogP) is 3.27. The lowest BCUT2D eigenvalue weighted by Crippen LogP contribution is -2.18. The summed E-state index contributed by atoms with van der Waals surface area (Å²) < 4.78 is 36.2. The number of ketones is 1. The number of hydrogen-bond acceptors (Lipinski definition) is 5. The van der Waals surface area contributed by atoms with E-state index in [4.69, 9.17) is 9.47 Å². The molecule has 132 valence electrons. The molecule has 0 aliphatic carbocycles. The normalized spacial score (nSPS) is 13.5. The molecule has 0 amide bonds. The molecule has 0 N–H and O–H groups in total. The van der Waals surface area contributed by atoms with Crippen LogP contribution in [0.2, 0.25) is 0 Å². The first-order valence-electron chi connectivity index (χ1n) is 8.17. The van der Waals surface area contributed by atoms with Gasteiger partial charge >= 0.3 is 0 Å². The Labute approximate surface area is 151 Å². The van der Waals surface area contributed by atoms with Crippen LogP contribution in [0.3, 0.4) is 0 Å². The van der Waals surface area contributed by atoms with Crippen molar-refractivity contribution in [1.82, 2.24) is 0 Å². The van der Waals surface area contributed by atoms with E-state index >= 15 is 0 Å². The van der Waals surface area contributed by atoms with Crippen LogP contribution in [-0.2, 0) is 9.84 Å². The third kappa shape index (κ3) is 3.15. The van der Waals surface area contributed by atoms with Gasteiger partial charge in [0.15, 0.2) is 27.1 Å². The number of hydrogen-bond donors (Lipinski definition) is 0. The molecule has 0 bridgehead atoms. The monoisotopic (exact) mass is 368 g/mol. The summed E-state index contributed by atoms with van der Waals surface area (Å²) in [6, 6.07) is 17.1. The summed E-state index contributed by atoms with van der Waals surface area (Å²) in [7, 11) is -3.74. The minimum atomic E-state index is -3.74. The molecule has 26 heavy (non-hydrogen) atoms. The lowest BCUT2D eigenvalue weighted by molar-refractivity contribution is 0.101. The Balaban J connectivity index is 1.61. The molecule has 0 fully saturated rings. The summed E-state index contributed by atoms with van der Waals surface area (Å²) in [5.74, 6) is -0.0455. The van der Waals surface area contributed by atoms with E-state index in [2.05, 4.69) is 0 Å². The van der Waals surface area contributed by atoms with Gasteiger partial charge in [-0.2, -0.15) is 0 Å². The molecular formula is C20H16O5S. The molecular weight excluding hydrogens is 352 g/mol. The number of sulfone groups is 1. The number of ether oxygens (including phenoxy) is 2. The first-order valence-corrected chi connectivity index (χ1v) is 9.83. The fourth-order valence-corrected chi connectivity index (χ4v) is 4.18. The standard InChI is InChI=1S/C20H16O5S/c21-18(16-6-8-19-20(12-16)25-10-9-24-19)13-26(22,23)17-7-5-14-3-1-2-4-15(14)11-17/h1-8,11-12H,9-10,13H2. The van der Waals surface area contributed by atoms with Crippen LogP contribution in [0.1, 0.15) is 10.4 Å². The summed E-state index contributed by atoms with van der Waals surface area (Å²) in [5.41, 5.74) is 0.290. The van der Waals surface area contributed by atoms with Gasteiger partial charge in [0.25, 0.3) is 0 Å². The Hall–Kier alpha value is -2.86. The number of fused-ring (bicyclic) bond motifs is 2. The summed E-state index contributed by atoms with van der Waals surface area (Å²) >= 11 is 0. The summed E-state index contributed by atoms with van der Waals surface area (Å²) in [6.07, 6.45) is 0. The second-order valence-corrected chi connectivity index (χ2v) is 8.04. The summed E-state index contributed by atoms with van der Waals surface area (Å²) in [4.78, 5) is 12.6. The summed E-state index contributed by atoms with van der Waals surface area (Å²) in [6.45, 7) is 0.858. The van der Waals surface area contributed by atoms with E-state index in [0.29, 0.717) is 30.3 Å². The molecule has 3 aromatic carbocycles. The summed E-state index contributed by atoms with van der Waals surface area (Å²) in [5, 5.41) is 1.77. The average Bonchev–Trinajstić information content (AvgIpc) is 2.67. The van der Waals surface area contributed by atoms with Crippen LogP contribution in [0.5, 0.6) is 11.5 Å². The number of Topliss-reactive ketones (excluding diaryl/α,β-unsaturated/α-hetero) is 1. The van der Waals surface area contributed by atoms with Gasteiger partial charge in [-0.05, 0) is 41.1 Å². The van der Waals surface area contributed by atoms with Crippen LogP contribution < -0.4 is 9.47 Å². The molecule has 1 aliphatic rings. The van der Waals surface area contributed by atoms with E-state index in [9.17, 15) is 13.2 Å². The predicted molar refractivity (Wildman–Crippen MR) is 97.8 cm³/mol. The second-order valence-electron chi connectivity index (χ2n) is 6.05. The highest BCUT2D eigenvalue weighted by Gasteiger charge is 2.22. The third-order valence-electron chi connectivity index (χ3n) is 4.27. The maximum absolute atomic E-state index is 12.7. The highest BCUT2D eigenvalue weighted by Crippen LogP contribution is 2.31. The Morgan fingerprint density at radius 2 is 1.58 bits per heavy atom. The van der Waals surface area contributed by atoms with Gasteiger partial charge < -0.3 is 9.47 Å². The van der Waals surface area contributed by atoms with E-state index in [1.54, 1.807) is 24.3 Å². The molecule has 0 saturated carbocycles. The smallest absolute Gasteiger partial charge is 0.185 e. The Morgan fingerprint density at radius 3 is 2.38 bits per heavy atom. The molecule has 0 atom stereocenters. The molecule has 0 aromatic heterocycles. The van der Waals surface area contributed by atoms with Gasteiger partial charge in [0, 0.05) is 5.56 Å². The Bertz CT molecular complexity index is 1100. The number of carbonyl (C=O) groups is 1. The molecule has 3 aromatic rings. The van der Waals surface area contributed by atoms with Gasteiger partial charge in [0.2, 0.25) is 0 Å². The van der Waals surface area contributed by atoms with Crippen molar-refractivity contribution in [2.24, 2.45) is 0 Å². The van der Waals surface area contributed by atoms with Crippen molar-refractivity contribution in [2.45, 2.75) is 4.90 Å². The zero-order valence-electron chi connectivity index (χ0n) is 13.8. The van der Waals surface area contributed by atoms with Crippen molar-refractivity contribution in [2.75, 3.05) is 19.0 Å².